The van der Waals surface area contributed by atoms with Crippen molar-refractivity contribution < 1.29 is 18.7 Å². The summed E-state index contributed by atoms with van der Waals surface area (Å²) in [6.45, 7) is 6.32. The largest absolute Gasteiger partial charge is 0.491 e. The minimum atomic E-state index is -1.12. The van der Waals surface area contributed by atoms with Gasteiger partial charge in [0.2, 0.25) is 0 Å². The third-order valence-electron chi connectivity index (χ3n) is 8.09. The molecule has 3 heterocycles. The minimum Gasteiger partial charge on any atom is -0.491 e. The van der Waals surface area contributed by atoms with E-state index in [2.05, 4.69) is 21.0 Å². The van der Waals surface area contributed by atoms with Crippen LogP contribution in [-0.2, 0) is 24.4 Å². The molecule has 9 nitrogen and oxygen atoms in total. The van der Waals surface area contributed by atoms with Crippen molar-refractivity contribution in [2.24, 2.45) is 0 Å². The number of anilines is 1. The Kier molecular flexibility index (Phi) is 7.94. The molecule has 1 spiro atoms. The highest BCUT2D eigenvalue weighted by Gasteiger charge is 2.58. The summed E-state index contributed by atoms with van der Waals surface area (Å²) in [5.74, 6) is 0.575. The second-order valence-electron chi connectivity index (χ2n) is 11.4. The fourth-order valence-corrected chi connectivity index (χ4v) is 6.06. The first-order valence-corrected chi connectivity index (χ1v) is 14.6. The number of likely N-dealkylation sites (tertiary alicyclic amines) is 1. The molecular formula is C33H35FN6O3. The molecule has 6 rings (SSSR count). The molecule has 0 aliphatic carbocycles. The molecule has 10 heteroatoms. The Morgan fingerprint density at radius 1 is 0.884 bits per heavy atom. The number of imide groups is 1. The van der Waals surface area contributed by atoms with Crippen LogP contribution in [0.2, 0.25) is 0 Å². The van der Waals surface area contributed by atoms with Crippen molar-refractivity contribution in [2.75, 3.05) is 18.0 Å². The quantitative estimate of drug-likeness (QED) is 0.251. The summed E-state index contributed by atoms with van der Waals surface area (Å²) in [7, 11) is 0. The number of hydrogen-bond donors (Lipinski definition) is 0. The number of amides is 3. The minimum absolute atomic E-state index is 0.0234. The van der Waals surface area contributed by atoms with Crippen molar-refractivity contribution in [2.45, 2.75) is 58.0 Å². The van der Waals surface area contributed by atoms with E-state index in [4.69, 9.17) is 4.74 Å². The van der Waals surface area contributed by atoms with Crippen molar-refractivity contribution >= 4 is 17.6 Å². The van der Waals surface area contributed by atoms with Gasteiger partial charge in [-0.3, -0.25) is 19.5 Å². The van der Waals surface area contributed by atoms with Crippen LogP contribution in [0, 0.1) is 5.82 Å². The zero-order chi connectivity index (χ0) is 30.0. The number of urea groups is 1. The average Bonchev–Trinajstić information content (AvgIpc) is 3.50. The Hall–Kier alpha value is -4.57. The third kappa shape index (κ3) is 5.87. The van der Waals surface area contributed by atoms with Crippen molar-refractivity contribution in [3.63, 3.8) is 0 Å². The summed E-state index contributed by atoms with van der Waals surface area (Å²) in [6.07, 6.45) is 2.36. The monoisotopic (exact) mass is 582 g/mol. The lowest BCUT2D eigenvalue weighted by molar-refractivity contribution is -0.133. The summed E-state index contributed by atoms with van der Waals surface area (Å²) in [5.41, 5.74) is 1.40. The van der Waals surface area contributed by atoms with Crippen LogP contribution in [0.4, 0.5) is 14.9 Å². The van der Waals surface area contributed by atoms with Crippen molar-refractivity contribution in [1.82, 2.24) is 24.6 Å². The molecule has 222 valence electrons. The number of carbonyl (C=O) groups excluding carboxylic acids is 2. The number of carbonyl (C=O) groups is 2. The lowest BCUT2D eigenvalue weighted by Crippen LogP contribution is -2.56. The lowest BCUT2D eigenvalue weighted by Gasteiger charge is -2.42. The number of aromatic nitrogens is 3. The number of ether oxygens (including phenoxy) is 1. The fraction of sp³-hybridized carbons (Fsp3) is 0.333. The van der Waals surface area contributed by atoms with Crippen molar-refractivity contribution in [1.29, 1.82) is 0 Å². The molecule has 3 amide bonds. The van der Waals surface area contributed by atoms with Crippen LogP contribution in [0.15, 0.2) is 85.2 Å². The van der Waals surface area contributed by atoms with Crippen LogP contribution in [0.3, 0.4) is 0 Å². The number of rotatable bonds is 9. The van der Waals surface area contributed by atoms with E-state index in [1.165, 1.54) is 28.3 Å². The van der Waals surface area contributed by atoms with Gasteiger partial charge < -0.3 is 4.74 Å². The topological polar surface area (TPSA) is 83.8 Å². The molecule has 0 atom stereocenters. The van der Waals surface area contributed by atoms with Gasteiger partial charge in [0.05, 0.1) is 19.2 Å². The first-order chi connectivity index (χ1) is 20.8. The molecule has 0 unspecified atom stereocenters. The Bertz CT molecular complexity index is 1600. The van der Waals surface area contributed by atoms with Gasteiger partial charge in [0.15, 0.2) is 0 Å². The average molecular weight is 583 g/mol. The molecule has 2 saturated heterocycles. The normalized spacial score (nSPS) is 16.9. The van der Waals surface area contributed by atoms with Gasteiger partial charge in [0.25, 0.3) is 5.91 Å². The molecule has 1 aromatic heterocycles. The first kappa shape index (κ1) is 28.5. The van der Waals surface area contributed by atoms with Gasteiger partial charge in [-0.25, -0.2) is 18.9 Å². The zero-order valence-corrected chi connectivity index (χ0v) is 24.4. The van der Waals surface area contributed by atoms with Gasteiger partial charge in [-0.2, -0.15) is 5.10 Å². The second-order valence-corrected chi connectivity index (χ2v) is 11.4. The van der Waals surface area contributed by atoms with E-state index in [0.29, 0.717) is 50.5 Å². The molecule has 2 fully saturated rings. The Labute approximate surface area is 250 Å². The van der Waals surface area contributed by atoms with Crippen LogP contribution in [0.5, 0.6) is 5.75 Å². The summed E-state index contributed by atoms with van der Waals surface area (Å²) < 4.78 is 22.0. The SMILES string of the molecule is CC(C)Oc1cccc(CN2CCC3(CC2)C(=O)N(Cc2ncnn2Cc2ccccc2)C(=O)N3c2cccc(F)c2)c1. The Balaban J connectivity index is 1.24. The van der Waals surface area contributed by atoms with Crippen molar-refractivity contribution in [3.05, 3.63) is 108 Å². The van der Waals surface area contributed by atoms with E-state index in [1.807, 2.05) is 62.4 Å². The molecule has 3 aromatic carbocycles. The van der Waals surface area contributed by atoms with Crippen LogP contribution in [-0.4, -0.2) is 61.2 Å². The van der Waals surface area contributed by atoms with Crippen molar-refractivity contribution in [3.8, 4) is 5.75 Å². The van der Waals surface area contributed by atoms with Gasteiger partial charge >= 0.3 is 6.03 Å². The first-order valence-electron chi connectivity index (χ1n) is 14.6. The van der Waals surface area contributed by atoms with E-state index in [-0.39, 0.29) is 18.6 Å². The van der Waals surface area contributed by atoms with Gasteiger partial charge in [-0.15, -0.1) is 0 Å². The Morgan fingerprint density at radius 3 is 2.37 bits per heavy atom. The predicted octanol–water partition coefficient (Wildman–Crippen LogP) is 5.26. The molecule has 2 aliphatic rings. The van der Waals surface area contributed by atoms with E-state index >= 15 is 0 Å². The van der Waals surface area contributed by atoms with E-state index in [1.54, 1.807) is 16.8 Å². The van der Waals surface area contributed by atoms with Crippen LogP contribution >= 0.6 is 0 Å². The van der Waals surface area contributed by atoms with E-state index in [9.17, 15) is 14.0 Å². The highest BCUT2D eigenvalue weighted by Crippen LogP contribution is 2.41. The highest BCUT2D eigenvalue weighted by molar-refractivity contribution is 6.16. The molecule has 0 bridgehead atoms. The number of benzene rings is 3. The van der Waals surface area contributed by atoms with E-state index in [0.717, 1.165) is 16.9 Å². The predicted molar refractivity (Wildman–Crippen MR) is 160 cm³/mol. The number of piperidine rings is 1. The number of halogens is 1. The molecule has 0 saturated carbocycles. The Morgan fingerprint density at radius 2 is 1.63 bits per heavy atom. The summed E-state index contributed by atoms with van der Waals surface area (Å²) in [4.78, 5) is 37.7. The summed E-state index contributed by atoms with van der Waals surface area (Å²) in [6, 6.07) is 23.3. The summed E-state index contributed by atoms with van der Waals surface area (Å²) in [5, 5.41) is 4.35. The lowest BCUT2D eigenvalue weighted by atomic mass is 9.85. The van der Waals surface area contributed by atoms with Crippen LogP contribution in [0.25, 0.3) is 0 Å². The fourth-order valence-electron chi connectivity index (χ4n) is 6.06. The maximum atomic E-state index is 14.4. The molecule has 0 radical (unpaired) electrons. The molecule has 0 N–H and O–H groups in total. The smallest absolute Gasteiger partial charge is 0.332 e. The standard InChI is InChI=1S/C33H35FN6O3/c1-24(2)43-29-13-6-10-26(18-29)20-37-16-14-33(15-17-37)31(41)38(32(42)40(33)28-12-7-11-27(34)19-28)22-30-35-23-36-39(30)21-25-8-4-3-5-9-25/h3-13,18-19,23-24H,14-17,20-22H2,1-2H3. The second kappa shape index (κ2) is 12.0. The number of hydrogen-bond acceptors (Lipinski definition) is 6. The maximum absolute atomic E-state index is 14.4. The molecule has 4 aromatic rings. The van der Waals surface area contributed by atoms with Crippen LogP contribution in [0.1, 0.15) is 43.6 Å². The maximum Gasteiger partial charge on any atom is 0.332 e. The van der Waals surface area contributed by atoms with Gasteiger partial charge in [0.1, 0.15) is 29.3 Å². The molecule has 43 heavy (non-hydrogen) atoms. The van der Waals surface area contributed by atoms with Gasteiger partial charge in [0, 0.05) is 25.3 Å². The zero-order valence-electron chi connectivity index (χ0n) is 24.4. The highest BCUT2D eigenvalue weighted by atomic mass is 19.1. The van der Waals surface area contributed by atoms with Gasteiger partial charge in [-0.05, 0) is 68.1 Å². The van der Waals surface area contributed by atoms with Crippen LogP contribution < -0.4 is 9.64 Å². The molecule has 2 aliphatic heterocycles. The molecular weight excluding hydrogens is 547 g/mol. The van der Waals surface area contributed by atoms with Gasteiger partial charge in [-0.1, -0.05) is 48.5 Å². The van der Waals surface area contributed by atoms with E-state index < -0.39 is 17.4 Å². The number of nitrogens with zero attached hydrogens (tertiary/aromatic N) is 6. The summed E-state index contributed by atoms with van der Waals surface area (Å²) >= 11 is 0. The third-order valence-corrected chi connectivity index (χ3v) is 8.09.